The fourth-order valence-electron chi connectivity index (χ4n) is 2.31. The van der Waals surface area contributed by atoms with Crippen molar-refractivity contribution in [1.82, 2.24) is 0 Å². The van der Waals surface area contributed by atoms with E-state index in [-0.39, 0.29) is 35.7 Å². The minimum atomic E-state index is -0.986. The van der Waals surface area contributed by atoms with E-state index in [9.17, 15) is 14.4 Å². The van der Waals surface area contributed by atoms with E-state index in [0.717, 1.165) is 5.56 Å². The van der Waals surface area contributed by atoms with Crippen molar-refractivity contribution in [3.05, 3.63) is 89.5 Å². The van der Waals surface area contributed by atoms with Crippen LogP contribution in [-0.4, -0.2) is 48.5 Å². The summed E-state index contributed by atoms with van der Waals surface area (Å²) in [6.45, 7) is 0. The average molecular weight is 456 g/mol. The summed E-state index contributed by atoms with van der Waals surface area (Å²) in [4.78, 5) is 30.6. The number of hydrogen-bond acceptors (Lipinski definition) is 6. The Morgan fingerprint density at radius 1 is 0.545 bits per heavy atom. The Balaban J connectivity index is 0.000000249. The van der Waals surface area contributed by atoms with Gasteiger partial charge in [0.2, 0.25) is 0 Å². The number of rotatable bonds is 6. The molecule has 0 aliphatic rings. The molecule has 9 heteroatoms. The Morgan fingerprint density at radius 3 is 1.30 bits per heavy atom. The smallest absolute Gasteiger partial charge is 0.335 e. The zero-order chi connectivity index (χ0) is 24.8. The number of benzene rings is 3. The lowest BCUT2D eigenvalue weighted by atomic mass is 10.1. The third-order valence-electron chi connectivity index (χ3n) is 3.97. The third kappa shape index (κ3) is 12.0. The van der Waals surface area contributed by atoms with Crippen LogP contribution in [0.25, 0.3) is 0 Å². The summed E-state index contributed by atoms with van der Waals surface area (Å²) in [6.07, 6.45) is 0.640. The summed E-state index contributed by atoms with van der Waals surface area (Å²) in [5.41, 5.74) is 1.79. The van der Waals surface area contributed by atoms with Crippen molar-refractivity contribution >= 4 is 17.9 Å². The van der Waals surface area contributed by atoms with Gasteiger partial charge in [0.05, 0.1) is 12.0 Å². The number of aryl methyl sites for hydroxylation is 1. The predicted octanol–water partition coefficient (Wildman–Crippen LogP) is 3.52. The summed E-state index contributed by atoms with van der Waals surface area (Å²) in [6, 6.07) is 18.0. The van der Waals surface area contributed by atoms with Gasteiger partial charge < -0.3 is 30.6 Å². The number of carboxylic acids is 3. The second kappa shape index (κ2) is 13.7. The normalized spacial score (nSPS) is 9.45. The maximum atomic E-state index is 10.2. The van der Waals surface area contributed by atoms with Crippen molar-refractivity contribution < 1.29 is 45.0 Å². The molecule has 0 atom stereocenters. The van der Waals surface area contributed by atoms with Crippen molar-refractivity contribution in [2.45, 2.75) is 19.3 Å². The lowest BCUT2D eigenvalue weighted by Crippen LogP contribution is -1.98. The standard InChI is InChI=1S/C9H10O3.C8H8O3.C7H6O3/c10-8-4-1-7(2-5-8)3-6-9(11)12;9-7-3-1-6(2-4-7)5-8(10)11;8-6-3-1-5(2-4-6)7(9)10/h1-2,4-5,10H,3,6H2,(H,11,12);1-4,9H,5H2,(H,10,11);1-4,8H,(H,9,10). The van der Waals surface area contributed by atoms with Crippen LogP contribution >= 0.6 is 0 Å². The molecule has 0 saturated carbocycles. The maximum absolute atomic E-state index is 10.2. The van der Waals surface area contributed by atoms with Gasteiger partial charge in [-0.15, -0.1) is 0 Å². The summed E-state index contributed by atoms with van der Waals surface area (Å²) in [7, 11) is 0. The van der Waals surface area contributed by atoms with Gasteiger partial charge in [-0.3, -0.25) is 9.59 Å². The monoisotopic (exact) mass is 456 g/mol. The molecule has 0 fully saturated rings. The molecule has 6 N–H and O–H groups in total. The van der Waals surface area contributed by atoms with Gasteiger partial charge in [-0.25, -0.2) is 4.79 Å². The van der Waals surface area contributed by atoms with Crippen LogP contribution in [0.1, 0.15) is 27.9 Å². The zero-order valence-corrected chi connectivity index (χ0v) is 17.5. The number of hydrogen-bond donors (Lipinski definition) is 6. The first-order valence-corrected chi connectivity index (χ1v) is 9.58. The predicted molar refractivity (Wildman–Crippen MR) is 119 cm³/mol. The molecule has 0 aliphatic heterocycles. The van der Waals surface area contributed by atoms with Crippen LogP contribution < -0.4 is 0 Å². The van der Waals surface area contributed by atoms with Crippen LogP contribution in [0.2, 0.25) is 0 Å². The highest BCUT2D eigenvalue weighted by Crippen LogP contribution is 2.11. The first-order valence-electron chi connectivity index (χ1n) is 9.58. The third-order valence-corrected chi connectivity index (χ3v) is 3.97. The lowest BCUT2D eigenvalue weighted by Gasteiger charge is -1.97. The molecule has 0 heterocycles. The van der Waals surface area contributed by atoms with E-state index in [4.69, 9.17) is 30.6 Å². The highest BCUT2D eigenvalue weighted by atomic mass is 16.4. The Bertz CT molecular complexity index is 1030. The molecule has 3 aromatic carbocycles. The molecule has 3 rings (SSSR count). The Hall–Kier alpha value is -4.53. The van der Waals surface area contributed by atoms with Crippen molar-refractivity contribution in [2.75, 3.05) is 0 Å². The summed E-state index contributed by atoms with van der Waals surface area (Å²) in [5.74, 6) is -2.23. The average Bonchev–Trinajstić information content (AvgIpc) is 2.76. The van der Waals surface area contributed by atoms with E-state index in [0.29, 0.717) is 12.0 Å². The molecular formula is C24H24O9. The van der Waals surface area contributed by atoms with Crippen LogP contribution in [-0.2, 0) is 22.4 Å². The van der Waals surface area contributed by atoms with E-state index in [1.165, 1.54) is 36.4 Å². The van der Waals surface area contributed by atoms with E-state index in [2.05, 4.69) is 0 Å². The molecule has 0 saturated heterocycles. The van der Waals surface area contributed by atoms with Crippen molar-refractivity contribution in [3.8, 4) is 17.2 Å². The van der Waals surface area contributed by atoms with Crippen molar-refractivity contribution in [2.24, 2.45) is 0 Å². The van der Waals surface area contributed by atoms with Gasteiger partial charge in [0, 0.05) is 6.42 Å². The van der Waals surface area contributed by atoms with Crippen LogP contribution in [0.5, 0.6) is 17.2 Å². The number of phenolic OH excluding ortho intramolecular Hbond substituents is 3. The molecule has 0 unspecified atom stereocenters. The molecule has 0 spiro atoms. The largest absolute Gasteiger partial charge is 0.508 e. The van der Waals surface area contributed by atoms with Crippen molar-refractivity contribution in [1.29, 1.82) is 0 Å². The Labute approximate surface area is 189 Å². The highest BCUT2D eigenvalue weighted by Gasteiger charge is 2.00. The molecule has 174 valence electrons. The Kier molecular flexibility index (Phi) is 11.0. The van der Waals surface area contributed by atoms with Gasteiger partial charge in [0.25, 0.3) is 0 Å². The van der Waals surface area contributed by atoms with Gasteiger partial charge in [0.15, 0.2) is 0 Å². The van der Waals surface area contributed by atoms with Gasteiger partial charge >= 0.3 is 17.9 Å². The quantitative estimate of drug-likeness (QED) is 0.324. The number of aromatic carboxylic acids is 1. The molecule has 3 aromatic rings. The van der Waals surface area contributed by atoms with Crippen LogP contribution in [0.4, 0.5) is 0 Å². The minimum absolute atomic E-state index is 0.000278. The van der Waals surface area contributed by atoms with Crippen molar-refractivity contribution in [3.63, 3.8) is 0 Å². The summed E-state index contributed by atoms with van der Waals surface area (Å²) in [5, 5.41) is 51.7. The molecular weight excluding hydrogens is 432 g/mol. The van der Waals surface area contributed by atoms with E-state index < -0.39 is 17.9 Å². The molecule has 0 bridgehead atoms. The second-order valence-corrected chi connectivity index (χ2v) is 6.65. The molecule has 0 aromatic heterocycles. The molecule has 0 aliphatic carbocycles. The van der Waals surface area contributed by atoms with Gasteiger partial charge in [-0.2, -0.15) is 0 Å². The van der Waals surface area contributed by atoms with E-state index in [1.807, 2.05) is 0 Å². The fourth-order valence-corrected chi connectivity index (χ4v) is 2.31. The van der Waals surface area contributed by atoms with Gasteiger partial charge in [-0.05, 0) is 66.1 Å². The van der Waals surface area contributed by atoms with Crippen LogP contribution in [0.3, 0.4) is 0 Å². The Morgan fingerprint density at radius 2 is 0.939 bits per heavy atom. The molecule has 9 nitrogen and oxygen atoms in total. The first kappa shape index (κ1) is 26.5. The van der Waals surface area contributed by atoms with E-state index in [1.54, 1.807) is 36.4 Å². The highest BCUT2D eigenvalue weighted by molar-refractivity contribution is 5.87. The van der Waals surface area contributed by atoms with E-state index >= 15 is 0 Å². The number of carbonyl (C=O) groups is 3. The SMILES string of the molecule is O=C(O)CCc1ccc(O)cc1.O=C(O)Cc1ccc(O)cc1.O=C(O)c1ccc(O)cc1. The molecule has 0 amide bonds. The summed E-state index contributed by atoms with van der Waals surface area (Å²) < 4.78 is 0. The topological polar surface area (TPSA) is 173 Å². The first-order chi connectivity index (χ1) is 15.6. The summed E-state index contributed by atoms with van der Waals surface area (Å²) >= 11 is 0. The number of carboxylic acid groups (broad SMARTS) is 3. The lowest BCUT2D eigenvalue weighted by molar-refractivity contribution is -0.137. The van der Waals surface area contributed by atoms with Gasteiger partial charge in [-0.1, -0.05) is 24.3 Å². The zero-order valence-electron chi connectivity index (χ0n) is 17.5. The molecule has 0 radical (unpaired) electrons. The minimum Gasteiger partial charge on any atom is -0.508 e. The van der Waals surface area contributed by atoms with Crippen LogP contribution in [0.15, 0.2) is 72.8 Å². The maximum Gasteiger partial charge on any atom is 0.335 e. The number of phenols is 3. The number of aromatic hydroxyl groups is 3. The number of aliphatic carboxylic acids is 2. The fraction of sp³-hybridized carbons (Fsp3) is 0.125. The van der Waals surface area contributed by atoms with Gasteiger partial charge in [0.1, 0.15) is 17.2 Å². The second-order valence-electron chi connectivity index (χ2n) is 6.65. The molecule has 33 heavy (non-hydrogen) atoms. The van der Waals surface area contributed by atoms with Crippen LogP contribution in [0, 0.1) is 0 Å².